The van der Waals surface area contributed by atoms with Gasteiger partial charge in [0.25, 0.3) is 11.8 Å². The largest absolute Gasteiger partial charge is 0.445 e. The molecule has 0 fully saturated rings. The van der Waals surface area contributed by atoms with Crippen LogP contribution in [-0.2, 0) is 23.9 Å². The van der Waals surface area contributed by atoms with E-state index >= 15 is 0 Å². The maximum atomic E-state index is 12.5. The number of imide groups is 2. The summed E-state index contributed by atoms with van der Waals surface area (Å²) in [4.78, 5) is 51.2. The Bertz CT molecular complexity index is 941. The summed E-state index contributed by atoms with van der Waals surface area (Å²) in [5.41, 5.74) is 0.770. The Labute approximate surface area is 153 Å². The average molecular weight is 360 g/mol. The molecule has 0 bridgehead atoms. The number of nitrogens with zero attached hydrogens (tertiary/aromatic N) is 2. The van der Waals surface area contributed by atoms with Crippen molar-refractivity contribution in [2.24, 2.45) is 0 Å². The van der Waals surface area contributed by atoms with Crippen LogP contribution in [0.1, 0.15) is 0 Å². The molecule has 0 saturated carbocycles. The monoisotopic (exact) mass is 360 g/mol. The molecule has 132 valence electrons. The molecule has 7 heteroatoms. The number of hydrogen-bond acceptors (Lipinski definition) is 5. The molecule has 0 atom stereocenters. The molecule has 7 nitrogen and oxygen atoms in total. The van der Waals surface area contributed by atoms with Gasteiger partial charge >= 0.3 is 11.8 Å². The lowest BCUT2D eigenvalue weighted by atomic mass is 10.3. The molecule has 0 spiro atoms. The SMILES string of the molecule is O=C1C=C(OC2=CC(=O)N(c3ccccc3)C2=O)C(=O)N1c1ccccc1. The highest BCUT2D eigenvalue weighted by atomic mass is 16.5. The molecule has 4 rings (SSSR count). The third-order valence-electron chi connectivity index (χ3n) is 4.03. The van der Waals surface area contributed by atoms with Crippen molar-refractivity contribution in [2.45, 2.75) is 0 Å². The van der Waals surface area contributed by atoms with Crippen molar-refractivity contribution in [1.29, 1.82) is 0 Å². The molecule has 0 radical (unpaired) electrons. The number of hydrogen-bond donors (Lipinski definition) is 0. The van der Waals surface area contributed by atoms with Gasteiger partial charge in [0.2, 0.25) is 0 Å². The van der Waals surface area contributed by atoms with Crippen LogP contribution < -0.4 is 9.80 Å². The van der Waals surface area contributed by atoms with E-state index in [4.69, 9.17) is 4.74 Å². The number of carbonyl (C=O) groups is 4. The quantitative estimate of drug-likeness (QED) is 0.778. The molecule has 2 aliphatic rings. The van der Waals surface area contributed by atoms with Gasteiger partial charge in [0.15, 0.2) is 11.5 Å². The Morgan fingerprint density at radius 2 is 0.926 bits per heavy atom. The van der Waals surface area contributed by atoms with Crippen LogP contribution in [0.25, 0.3) is 0 Å². The van der Waals surface area contributed by atoms with Crippen molar-refractivity contribution in [3.63, 3.8) is 0 Å². The Morgan fingerprint density at radius 1 is 0.556 bits per heavy atom. The summed E-state index contributed by atoms with van der Waals surface area (Å²) < 4.78 is 5.34. The average Bonchev–Trinajstić information content (AvgIpc) is 3.11. The molecule has 2 aliphatic heterocycles. The lowest BCUT2D eigenvalue weighted by molar-refractivity contribution is -0.121. The number of benzene rings is 2. The number of ether oxygens (including phenoxy) is 1. The van der Waals surface area contributed by atoms with Crippen LogP contribution in [0.4, 0.5) is 11.4 Å². The number of anilines is 2. The molecule has 0 aliphatic carbocycles. The second kappa shape index (κ2) is 6.38. The number of rotatable bonds is 4. The smallest absolute Gasteiger partial charge is 0.301 e. The van der Waals surface area contributed by atoms with Gasteiger partial charge < -0.3 is 4.74 Å². The van der Waals surface area contributed by atoms with Gasteiger partial charge in [-0.15, -0.1) is 0 Å². The first-order valence-corrected chi connectivity index (χ1v) is 8.04. The van der Waals surface area contributed by atoms with Crippen molar-refractivity contribution < 1.29 is 23.9 Å². The first-order chi connectivity index (χ1) is 13.1. The number of carbonyl (C=O) groups excluding carboxylic acids is 4. The first kappa shape index (κ1) is 16.5. The Balaban J connectivity index is 1.55. The zero-order valence-corrected chi connectivity index (χ0v) is 13.9. The van der Waals surface area contributed by atoms with Gasteiger partial charge in [-0.2, -0.15) is 0 Å². The van der Waals surface area contributed by atoms with Crippen LogP contribution >= 0.6 is 0 Å². The predicted octanol–water partition coefficient (Wildman–Crippen LogP) is 1.92. The summed E-state index contributed by atoms with van der Waals surface area (Å²) >= 11 is 0. The molecule has 27 heavy (non-hydrogen) atoms. The van der Waals surface area contributed by atoms with Crippen LogP contribution in [0, 0.1) is 0 Å². The number of amides is 4. The van der Waals surface area contributed by atoms with Crippen LogP contribution in [0.3, 0.4) is 0 Å². The maximum Gasteiger partial charge on any atom is 0.301 e. The van der Waals surface area contributed by atoms with Crippen molar-refractivity contribution >= 4 is 35.0 Å². The Morgan fingerprint density at radius 3 is 1.30 bits per heavy atom. The lowest BCUT2D eigenvalue weighted by Gasteiger charge is -2.16. The third-order valence-corrected chi connectivity index (χ3v) is 4.03. The van der Waals surface area contributed by atoms with Gasteiger partial charge in [-0.1, -0.05) is 36.4 Å². The van der Waals surface area contributed by atoms with E-state index in [1.807, 2.05) is 0 Å². The summed E-state index contributed by atoms with van der Waals surface area (Å²) in [6.07, 6.45) is 2.00. The molecule has 0 saturated heterocycles. The lowest BCUT2D eigenvalue weighted by Crippen LogP contribution is -2.32. The fourth-order valence-electron chi connectivity index (χ4n) is 2.81. The Hall–Kier alpha value is -4.00. The minimum Gasteiger partial charge on any atom is -0.445 e. The van der Waals surface area contributed by atoms with Crippen molar-refractivity contribution in [1.82, 2.24) is 0 Å². The van der Waals surface area contributed by atoms with Gasteiger partial charge in [0.1, 0.15) is 0 Å². The van der Waals surface area contributed by atoms with E-state index in [0.717, 1.165) is 22.0 Å². The van der Waals surface area contributed by atoms with E-state index in [1.54, 1.807) is 60.7 Å². The van der Waals surface area contributed by atoms with E-state index in [2.05, 4.69) is 0 Å². The van der Waals surface area contributed by atoms with E-state index < -0.39 is 23.6 Å². The maximum absolute atomic E-state index is 12.5. The highest BCUT2D eigenvalue weighted by Gasteiger charge is 2.39. The van der Waals surface area contributed by atoms with Crippen LogP contribution in [0.2, 0.25) is 0 Å². The zero-order chi connectivity index (χ0) is 19.0. The fourth-order valence-corrected chi connectivity index (χ4v) is 2.81. The van der Waals surface area contributed by atoms with Gasteiger partial charge in [-0.3, -0.25) is 19.2 Å². The van der Waals surface area contributed by atoms with E-state index in [-0.39, 0.29) is 11.5 Å². The van der Waals surface area contributed by atoms with Gasteiger partial charge in [-0.05, 0) is 24.3 Å². The molecule has 2 heterocycles. The first-order valence-electron chi connectivity index (χ1n) is 8.04. The number of para-hydroxylation sites is 2. The van der Waals surface area contributed by atoms with Gasteiger partial charge in [0.05, 0.1) is 23.5 Å². The second-order valence-corrected chi connectivity index (χ2v) is 5.75. The van der Waals surface area contributed by atoms with E-state index in [9.17, 15) is 19.2 Å². The predicted molar refractivity (Wildman–Crippen MR) is 95.1 cm³/mol. The highest BCUT2D eigenvalue weighted by molar-refractivity contribution is 6.32. The summed E-state index contributed by atoms with van der Waals surface area (Å²) in [7, 11) is 0. The minimum atomic E-state index is -0.703. The van der Waals surface area contributed by atoms with Crippen LogP contribution in [0.15, 0.2) is 84.3 Å². The Kier molecular flexibility index (Phi) is 3.89. The van der Waals surface area contributed by atoms with Crippen LogP contribution in [0.5, 0.6) is 0 Å². The molecular formula is C20H12N2O5. The summed E-state index contributed by atoms with van der Waals surface area (Å²) in [5.74, 6) is -3.20. The molecule has 2 aromatic rings. The molecular weight excluding hydrogens is 348 g/mol. The summed E-state index contributed by atoms with van der Waals surface area (Å²) in [5, 5.41) is 0. The minimum absolute atomic E-state index is 0.314. The van der Waals surface area contributed by atoms with Gasteiger partial charge in [-0.25, -0.2) is 9.80 Å². The zero-order valence-electron chi connectivity index (χ0n) is 13.9. The third kappa shape index (κ3) is 2.81. The standard InChI is InChI=1S/C20H12N2O5/c23-17-11-15(19(25)21(17)13-7-3-1-4-8-13)27-16-12-18(24)22(20(16)26)14-9-5-2-6-10-14/h1-12H. The molecule has 0 unspecified atom stereocenters. The molecule has 0 aromatic heterocycles. The topological polar surface area (TPSA) is 84.0 Å². The second-order valence-electron chi connectivity index (χ2n) is 5.75. The van der Waals surface area contributed by atoms with Crippen molar-refractivity contribution in [3.8, 4) is 0 Å². The normalized spacial score (nSPS) is 16.7. The molecule has 0 N–H and O–H groups in total. The van der Waals surface area contributed by atoms with E-state index in [0.29, 0.717) is 11.4 Å². The molecule has 4 amide bonds. The summed E-state index contributed by atoms with van der Waals surface area (Å²) in [6, 6.07) is 16.7. The van der Waals surface area contributed by atoms with Crippen LogP contribution in [-0.4, -0.2) is 23.6 Å². The fraction of sp³-hybridized carbons (Fsp3) is 0. The molecule has 2 aromatic carbocycles. The van der Waals surface area contributed by atoms with Gasteiger partial charge in [0, 0.05) is 0 Å². The van der Waals surface area contributed by atoms with Crippen molar-refractivity contribution in [3.05, 3.63) is 84.3 Å². The highest BCUT2D eigenvalue weighted by Crippen LogP contribution is 2.28. The summed E-state index contributed by atoms with van der Waals surface area (Å²) in [6.45, 7) is 0. The van der Waals surface area contributed by atoms with Crippen molar-refractivity contribution in [2.75, 3.05) is 9.80 Å². The van der Waals surface area contributed by atoms with E-state index in [1.165, 1.54) is 0 Å².